The molecule has 7 nitrogen and oxygen atoms in total. The van der Waals surface area contributed by atoms with Crippen LogP contribution in [0.15, 0.2) is 4.52 Å². The third-order valence-corrected chi connectivity index (χ3v) is 3.50. The number of rotatable bonds is 4. The molecule has 2 heterocycles. The Bertz CT molecular complexity index is 449. The van der Waals surface area contributed by atoms with Gasteiger partial charge in [0.05, 0.1) is 12.6 Å². The van der Waals surface area contributed by atoms with Gasteiger partial charge in [0, 0.05) is 12.6 Å². The van der Waals surface area contributed by atoms with Crippen LogP contribution >= 0.6 is 0 Å². The van der Waals surface area contributed by atoms with Crippen LogP contribution in [-0.2, 0) is 4.74 Å². The van der Waals surface area contributed by atoms with Crippen LogP contribution < -0.4 is 5.32 Å². The predicted octanol–water partition coefficient (Wildman–Crippen LogP) is 1.65. The normalized spacial score (nSPS) is 21.4. The van der Waals surface area contributed by atoms with Gasteiger partial charge < -0.3 is 14.6 Å². The van der Waals surface area contributed by atoms with Gasteiger partial charge in [-0.3, -0.25) is 4.90 Å². The minimum Gasteiger partial charge on any atom is -0.450 e. The van der Waals surface area contributed by atoms with E-state index in [0.717, 1.165) is 25.9 Å². The Kier molecular flexibility index (Phi) is 4.94. The number of alkyl carbamates (subject to hydrolysis) is 1. The number of carbonyl (C=O) groups is 1. The Morgan fingerprint density at radius 3 is 3.10 bits per heavy atom. The second-order valence-corrected chi connectivity index (χ2v) is 5.05. The molecule has 2 rings (SSSR count). The molecule has 1 fully saturated rings. The average molecular weight is 282 g/mol. The zero-order chi connectivity index (χ0) is 14.5. The zero-order valence-electron chi connectivity index (χ0n) is 12.3. The number of hydrogen-bond acceptors (Lipinski definition) is 6. The summed E-state index contributed by atoms with van der Waals surface area (Å²) in [6.45, 7) is 7.76. The smallest absolute Gasteiger partial charge is 0.407 e. The molecule has 0 spiro atoms. The second kappa shape index (κ2) is 6.69. The number of piperidine rings is 1. The lowest BCUT2D eigenvalue weighted by atomic mass is 10.0. The van der Waals surface area contributed by atoms with Crippen molar-refractivity contribution in [3.63, 3.8) is 0 Å². The topological polar surface area (TPSA) is 80.5 Å². The van der Waals surface area contributed by atoms with E-state index in [1.165, 1.54) is 0 Å². The largest absolute Gasteiger partial charge is 0.450 e. The molecule has 1 aromatic rings. The Morgan fingerprint density at radius 2 is 2.45 bits per heavy atom. The molecule has 112 valence electrons. The zero-order valence-corrected chi connectivity index (χ0v) is 12.3. The molecule has 1 saturated heterocycles. The van der Waals surface area contributed by atoms with E-state index in [0.29, 0.717) is 18.3 Å². The first-order valence-electron chi connectivity index (χ1n) is 7.07. The SMILES string of the molecule is CCOC(=O)N[C@H]1CCCN([C@H](C)c2nc(C)no2)C1. The minimum absolute atomic E-state index is 0.0583. The van der Waals surface area contributed by atoms with Crippen LogP contribution in [0.4, 0.5) is 4.79 Å². The second-order valence-electron chi connectivity index (χ2n) is 5.05. The maximum atomic E-state index is 11.5. The fourth-order valence-electron chi connectivity index (χ4n) is 2.45. The minimum atomic E-state index is -0.347. The van der Waals surface area contributed by atoms with Crippen molar-refractivity contribution in [1.82, 2.24) is 20.4 Å². The van der Waals surface area contributed by atoms with Crippen LogP contribution in [0.25, 0.3) is 0 Å². The molecule has 0 aromatic carbocycles. The van der Waals surface area contributed by atoms with Gasteiger partial charge in [0.15, 0.2) is 5.82 Å². The molecule has 1 aliphatic heterocycles. The van der Waals surface area contributed by atoms with Gasteiger partial charge in [-0.25, -0.2) is 4.79 Å². The Morgan fingerprint density at radius 1 is 1.65 bits per heavy atom. The van der Waals surface area contributed by atoms with E-state index in [1.54, 1.807) is 13.8 Å². The lowest BCUT2D eigenvalue weighted by Crippen LogP contribution is -2.48. The highest BCUT2D eigenvalue weighted by molar-refractivity contribution is 5.67. The fourth-order valence-corrected chi connectivity index (χ4v) is 2.45. The van der Waals surface area contributed by atoms with Crippen LogP contribution in [-0.4, -0.2) is 46.9 Å². The van der Waals surface area contributed by atoms with Gasteiger partial charge in [0.1, 0.15) is 0 Å². The van der Waals surface area contributed by atoms with E-state index in [-0.39, 0.29) is 18.2 Å². The van der Waals surface area contributed by atoms with Gasteiger partial charge in [-0.1, -0.05) is 5.16 Å². The number of amides is 1. The molecular formula is C13H22N4O3. The van der Waals surface area contributed by atoms with E-state index in [2.05, 4.69) is 20.4 Å². The van der Waals surface area contributed by atoms with Gasteiger partial charge >= 0.3 is 6.09 Å². The lowest BCUT2D eigenvalue weighted by molar-refractivity contribution is 0.110. The summed E-state index contributed by atoms with van der Waals surface area (Å²) in [6, 6.07) is 0.164. The molecule has 1 N–H and O–H groups in total. The molecule has 0 radical (unpaired) electrons. The number of carbonyl (C=O) groups excluding carboxylic acids is 1. The molecule has 20 heavy (non-hydrogen) atoms. The molecular weight excluding hydrogens is 260 g/mol. The van der Waals surface area contributed by atoms with Gasteiger partial charge in [-0.15, -0.1) is 0 Å². The van der Waals surface area contributed by atoms with Crippen molar-refractivity contribution in [3.05, 3.63) is 11.7 Å². The summed E-state index contributed by atoms with van der Waals surface area (Å²) in [7, 11) is 0. The van der Waals surface area contributed by atoms with Crippen LogP contribution in [0.2, 0.25) is 0 Å². The van der Waals surface area contributed by atoms with Crippen molar-refractivity contribution < 1.29 is 14.1 Å². The summed E-state index contributed by atoms with van der Waals surface area (Å²) in [5.74, 6) is 1.27. The quantitative estimate of drug-likeness (QED) is 0.904. The van der Waals surface area contributed by atoms with Crippen LogP contribution in [0.1, 0.15) is 44.4 Å². The first-order valence-corrected chi connectivity index (χ1v) is 7.07. The van der Waals surface area contributed by atoms with Gasteiger partial charge in [-0.2, -0.15) is 4.98 Å². The van der Waals surface area contributed by atoms with E-state index in [9.17, 15) is 4.79 Å². The van der Waals surface area contributed by atoms with Crippen molar-refractivity contribution in [1.29, 1.82) is 0 Å². The van der Waals surface area contributed by atoms with E-state index < -0.39 is 0 Å². The third kappa shape index (κ3) is 3.69. The number of nitrogens with zero attached hydrogens (tertiary/aromatic N) is 3. The summed E-state index contributed by atoms with van der Waals surface area (Å²) in [5.41, 5.74) is 0. The molecule has 0 aliphatic carbocycles. The summed E-state index contributed by atoms with van der Waals surface area (Å²) in [6.07, 6.45) is 1.64. The van der Waals surface area contributed by atoms with Crippen LogP contribution in [0.5, 0.6) is 0 Å². The third-order valence-electron chi connectivity index (χ3n) is 3.50. The molecule has 0 bridgehead atoms. The molecule has 1 amide bonds. The van der Waals surface area contributed by atoms with Crippen molar-refractivity contribution in [2.45, 2.75) is 45.7 Å². The Balaban J connectivity index is 1.91. The Labute approximate surface area is 118 Å². The Hall–Kier alpha value is -1.63. The van der Waals surface area contributed by atoms with Crippen LogP contribution in [0, 0.1) is 6.92 Å². The molecule has 0 unspecified atom stereocenters. The predicted molar refractivity (Wildman–Crippen MR) is 72.2 cm³/mol. The maximum Gasteiger partial charge on any atom is 0.407 e. The molecule has 1 aromatic heterocycles. The summed E-state index contributed by atoms with van der Waals surface area (Å²) in [4.78, 5) is 18.0. The molecule has 0 saturated carbocycles. The number of ether oxygens (including phenoxy) is 1. The first kappa shape index (κ1) is 14.8. The molecule has 2 atom stereocenters. The highest BCUT2D eigenvalue weighted by Gasteiger charge is 2.28. The van der Waals surface area contributed by atoms with E-state index in [1.807, 2.05) is 6.92 Å². The van der Waals surface area contributed by atoms with Gasteiger partial charge in [0.25, 0.3) is 0 Å². The highest BCUT2D eigenvalue weighted by Crippen LogP contribution is 2.23. The van der Waals surface area contributed by atoms with Crippen molar-refractivity contribution in [2.24, 2.45) is 0 Å². The lowest BCUT2D eigenvalue weighted by Gasteiger charge is -2.35. The number of hydrogen-bond donors (Lipinski definition) is 1. The number of likely N-dealkylation sites (tertiary alicyclic amines) is 1. The summed E-state index contributed by atoms with van der Waals surface area (Å²) in [5, 5.41) is 6.71. The number of nitrogens with one attached hydrogen (secondary N) is 1. The average Bonchev–Trinajstić information content (AvgIpc) is 2.85. The maximum absolute atomic E-state index is 11.5. The van der Waals surface area contributed by atoms with E-state index in [4.69, 9.17) is 9.26 Å². The van der Waals surface area contributed by atoms with Crippen LogP contribution in [0.3, 0.4) is 0 Å². The summed E-state index contributed by atoms with van der Waals surface area (Å²) < 4.78 is 10.1. The first-order chi connectivity index (χ1) is 9.60. The number of aromatic nitrogens is 2. The highest BCUT2D eigenvalue weighted by atomic mass is 16.5. The van der Waals surface area contributed by atoms with Crippen molar-refractivity contribution >= 4 is 6.09 Å². The fraction of sp³-hybridized carbons (Fsp3) is 0.769. The standard InChI is InChI=1S/C13H22N4O3/c1-4-19-13(18)15-11-6-5-7-17(8-11)9(2)12-14-10(3)16-20-12/h9,11H,4-8H2,1-3H3,(H,15,18)/t9-,11+/m1/s1. The summed E-state index contributed by atoms with van der Waals surface area (Å²) >= 11 is 0. The molecule has 7 heteroatoms. The van der Waals surface area contributed by atoms with Gasteiger partial charge in [-0.05, 0) is 40.2 Å². The van der Waals surface area contributed by atoms with Crippen molar-refractivity contribution in [2.75, 3.05) is 19.7 Å². The van der Waals surface area contributed by atoms with E-state index >= 15 is 0 Å². The van der Waals surface area contributed by atoms with Gasteiger partial charge in [0.2, 0.25) is 5.89 Å². The number of aryl methyl sites for hydroxylation is 1. The monoisotopic (exact) mass is 282 g/mol. The van der Waals surface area contributed by atoms with Crippen molar-refractivity contribution in [3.8, 4) is 0 Å². The molecule has 1 aliphatic rings.